The maximum absolute atomic E-state index is 5.78. The van der Waals surface area contributed by atoms with Gasteiger partial charge in [0.1, 0.15) is 0 Å². The molecule has 10 heteroatoms. The van der Waals surface area contributed by atoms with E-state index in [9.17, 15) is 0 Å². The molecule has 0 fully saturated rings. The Kier molecular flexibility index (Phi) is 13.5. The second-order valence-electron chi connectivity index (χ2n) is 25.9. The van der Waals surface area contributed by atoms with Crippen LogP contribution in [0, 0.1) is 0 Å². The van der Waals surface area contributed by atoms with Crippen molar-refractivity contribution in [3.05, 3.63) is 352 Å². The zero-order valence-corrected chi connectivity index (χ0v) is 54.6. The molecule has 18 aromatic rings. The van der Waals surface area contributed by atoms with Gasteiger partial charge >= 0.3 is 0 Å². The second kappa shape index (κ2) is 23.6. The van der Waals surface area contributed by atoms with E-state index in [0.29, 0.717) is 23.3 Å². The van der Waals surface area contributed by atoms with Crippen molar-refractivity contribution < 1.29 is 0 Å². The minimum atomic E-state index is 0.0395. The Bertz CT molecular complexity index is 6240. The van der Waals surface area contributed by atoms with E-state index in [0.717, 1.165) is 123 Å². The van der Waals surface area contributed by atoms with E-state index < -0.39 is 0 Å². The molecule has 20 rings (SSSR count). The van der Waals surface area contributed by atoms with E-state index in [1.165, 1.54) is 38.5 Å². The van der Waals surface area contributed by atoms with Crippen LogP contribution < -0.4 is 26.2 Å². The van der Waals surface area contributed by atoms with Gasteiger partial charge in [-0.05, 0) is 143 Å². The third kappa shape index (κ3) is 9.59. The molecule has 0 spiro atoms. The van der Waals surface area contributed by atoms with Gasteiger partial charge in [0.15, 0.2) is 23.3 Å². The maximum atomic E-state index is 5.78. The molecular weight excluding hydrogens is 1230 g/mol. The Hall–Kier alpha value is -13.6. The van der Waals surface area contributed by atoms with Gasteiger partial charge in [0.05, 0.1) is 39.1 Å². The third-order valence-corrected chi connectivity index (χ3v) is 20.1. The summed E-state index contributed by atoms with van der Waals surface area (Å²) in [4.78, 5) is 32.1. The van der Waals surface area contributed by atoms with Crippen molar-refractivity contribution >= 4 is 101 Å². The summed E-state index contributed by atoms with van der Waals surface area (Å²) in [5, 5.41) is 4.63. The summed E-state index contributed by atoms with van der Waals surface area (Å²) in [6, 6.07) is 126. The van der Waals surface area contributed by atoms with Crippen LogP contribution in [-0.2, 0) is 0 Å². The van der Waals surface area contributed by atoms with Crippen molar-refractivity contribution in [2.75, 3.05) is 9.80 Å². The molecule has 0 saturated carbocycles. The van der Waals surface area contributed by atoms with Crippen LogP contribution in [0.1, 0.15) is 0 Å². The normalized spacial score (nSPS) is 12.3. The van der Waals surface area contributed by atoms with Crippen molar-refractivity contribution in [3.8, 4) is 90.6 Å². The highest BCUT2D eigenvalue weighted by atomic mass is 15.2. The van der Waals surface area contributed by atoms with Gasteiger partial charge in [0.2, 0.25) is 0 Å². The molecule has 0 saturated heterocycles. The molecule has 0 N–H and O–H groups in total. The number of hydrogen-bond donors (Lipinski definition) is 0. The van der Waals surface area contributed by atoms with Crippen molar-refractivity contribution in [2.45, 2.75) is 0 Å². The lowest BCUT2D eigenvalue weighted by Gasteiger charge is -2.44. The molecular formula is C91H58BN9. The number of para-hydroxylation sites is 6. The van der Waals surface area contributed by atoms with Gasteiger partial charge in [-0.25, -0.2) is 24.9 Å². The van der Waals surface area contributed by atoms with Crippen LogP contribution in [0.25, 0.3) is 134 Å². The van der Waals surface area contributed by atoms with Gasteiger partial charge in [-0.1, -0.05) is 237 Å². The summed E-state index contributed by atoms with van der Waals surface area (Å²) in [6.07, 6.45) is 0. The highest BCUT2D eigenvalue weighted by Crippen LogP contribution is 2.47. The summed E-state index contributed by atoms with van der Waals surface area (Å²) in [6.45, 7) is 0.0395. The van der Waals surface area contributed by atoms with E-state index in [1.807, 2.05) is 60.7 Å². The number of rotatable bonds is 11. The fourth-order valence-electron chi connectivity index (χ4n) is 15.7. The Balaban J connectivity index is 0.782. The molecule has 0 amide bonds. The van der Waals surface area contributed by atoms with Gasteiger partial charge in [-0.15, -0.1) is 0 Å². The topological polar surface area (TPSA) is 80.8 Å². The highest BCUT2D eigenvalue weighted by Gasteiger charge is 2.43. The van der Waals surface area contributed by atoms with E-state index in [2.05, 4.69) is 310 Å². The van der Waals surface area contributed by atoms with Crippen LogP contribution in [0.3, 0.4) is 0 Å². The smallest absolute Gasteiger partial charge is 0.252 e. The molecule has 6 heterocycles. The fourth-order valence-corrected chi connectivity index (χ4v) is 15.7. The summed E-state index contributed by atoms with van der Waals surface area (Å²) < 4.78 is 4.80. The Labute approximate surface area is 583 Å². The zero-order chi connectivity index (χ0) is 66.5. The van der Waals surface area contributed by atoms with Crippen LogP contribution >= 0.6 is 0 Å². The van der Waals surface area contributed by atoms with E-state index in [4.69, 9.17) is 24.9 Å². The van der Waals surface area contributed by atoms with Crippen LogP contribution in [0.2, 0.25) is 0 Å². The summed E-state index contributed by atoms with van der Waals surface area (Å²) >= 11 is 0. The number of fused-ring (bicyclic) bond motifs is 10. The SMILES string of the molecule is c1ccc(-c2cc(-c3cccc(-c4cccc(N5c6ccccc6B6c7ccccc7N(c7ccccc7)c7cccc5c76)c4)c3)nc(-c3cc(-c4nc(-c5ccccc5)nc(-c5ccccc5)n4)ccc3-n3c4ccccc4c4cc5c6ccccc6n(-c6ccccc6)c5cc43)n2)cc1. The molecule has 9 nitrogen and oxygen atoms in total. The summed E-state index contributed by atoms with van der Waals surface area (Å²) in [5.74, 6) is 2.21. The van der Waals surface area contributed by atoms with Gasteiger partial charge in [-0.3, -0.25) is 0 Å². The van der Waals surface area contributed by atoms with Gasteiger partial charge in [-0.2, -0.15) is 0 Å². The highest BCUT2D eigenvalue weighted by molar-refractivity contribution is 7.00. The van der Waals surface area contributed by atoms with Crippen LogP contribution in [-0.4, -0.2) is 40.8 Å². The van der Waals surface area contributed by atoms with Crippen LogP contribution in [0.15, 0.2) is 352 Å². The summed E-state index contributed by atoms with van der Waals surface area (Å²) in [7, 11) is 0. The predicted octanol–water partition coefficient (Wildman–Crippen LogP) is 20.6. The monoisotopic (exact) mass is 1290 g/mol. The molecule has 14 aromatic carbocycles. The van der Waals surface area contributed by atoms with Crippen molar-refractivity contribution in [1.29, 1.82) is 0 Å². The summed E-state index contributed by atoms with van der Waals surface area (Å²) in [5.41, 5.74) is 26.0. The first-order valence-corrected chi connectivity index (χ1v) is 34.3. The number of benzene rings is 14. The zero-order valence-electron chi connectivity index (χ0n) is 54.6. The minimum Gasteiger partial charge on any atom is -0.311 e. The molecule has 101 heavy (non-hydrogen) atoms. The number of aromatic nitrogens is 7. The molecule has 2 aliphatic heterocycles. The molecule has 0 aliphatic carbocycles. The number of anilines is 6. The average molecular weight is 1290 g/mol. The van der Waals surface area contributed by atoms with Crippen LogP contribution in [0.4, 0.5) is 34.1 Å². The molecule has 470 valence electrons. The first kappa shape index (κ1) is 57.7. The minimum absolute atomic E-state index is 0.0395. The maximum Gasteiger partial charge on any atom is 0.252 e. The van der Waals surface area contributed by atoms with Crippen molar-refractivity contribution in [2.24, 2.45) is 0 Å². The lowest BCUT2D eigenvalue weighted by atomic mass is 9.33. The Morgan fingerprint density at radius 1 is 0.218 bits per heavy atom. The number of nitrogens with zero attached hydrogens (tertiary/aromatic N) is 9. The molecule has 0 bridgehead atoms. The van der Waals surface area contributed by atoms with Crippen molar-refractivity contribution in [3.63, 3.8) is 0 Å². The van der Waals surface area contributed by atoms with E-state index >= 15 is 0 Å². The number of hydrogen-bond acceptors (Lipinski definition) is 7. The molecule has 0 atom stereocenters. The Morgan fingerprint density at radius 3 is 1.28 bits per heavy atom. The van der Waals surface area contributed by atoms with E-state index in [-0.39, 0.29) is 6.71 Å². The van der Waals surface area contributed by atoms with Gasteiger partial charge in [0.25, 0.3) is 6.71 Å². The molecule has 2 aliphatic rings. The third-order valence-electron chi connectivity index (χ3n) is 20.1. The average Bonchev–Trinajstić information content (AvgIpc) is 1.70. The standard InChI is InChI=1S/C91H58BN9/c1-6-27-59(28-7-1)76-57-77(64-35-24-33-62(53-64)63-34-25-40-68(54-63)100-82-48-23-19-44-75(82)92-74-43-18-22-47-81(74)99(67-38-14-5-15-39-67)83-49-26-50-84(100)87(83)92)94-91(93-76)73-55-65(90-96-88(60-29-8-2-9-30-60)95-89(97-90)61-31-10-3-11-32-61)51-52-80(73)101-79-46-21-17-42-70(79)72-56-71-69-41-16-20-45-78(69)98(85(71)58-86(72)101)66-36-12-4-13-37-66/h1-58H. The fraction of sp³-hybridized carbons (Fsp3) is 0. The van der Waals surface area contributed by atoms with Crippen LogP contribution in [0.5, 0.6) is 0 Å². The van der Waals surface area contributed by atoms with Gasteiger partial charge < -0.3 is 18.9 Å². The first-order valence-electron chi connectivity index (χ1n) is 34.3. The lowest BCUT2D eigenvalue weighted by molar-refractivity contribution is 1.07. The first-order chi connectivity index (χ1) is 50.1. The largest absolute Gasteiger partial charge is 0.311 e. The lowest BCUT2D eigenvalue weighted by Crippen LogP contribution is -2.61. The predicted molar refractivity (Wildman–Crippen MR) is 416 cm³/mol. The Morgan fingerprint density at radius 2 is 0.653 bits per heavy atom. The molecule has 0 unspecified atom stereocenters. The van der Waals surface area contributed by atoms with Gasteiger partial charge in [0, 0.05) is 94.7 Å². The molecule has 4 aromatic heterocycles. The molecule has 0 radical (unpaired) electrons. The van der Waals surface area contributed by atoms with Crippen molar-refractivity contribution in [1.82, 2.24) is 34.1 Å². The second-order valence-corrected chi connectivity index (χ2v) is 25.9. The quantitative estimate of drug-likeness (QED) is 0.119. The van der Waals surface area contributed by atoms with E-state index in [1.54, 1.807) is 0 Å².